The molecule has 2 aromatic rings. The maximum atomic E-state index is 10.4. The zero-order valence-corrected chi connectivity index (χ0v) is 12.7. The van der Waals surface area contributed by atoms with Gasteiger partial charge in [-0.2, -0.15) is 0 Å². The second-order valence-corrected chi connectivity index (χ2v) is 5.08. The van der Waals surface area contributed by atoms with Crippen molar-refractivity contribution in [2.75, 3.05) is 23.0 Å². The van der Waals surface area contributed by atoms with Crippen LogP contribution in [-0.4, -0.2) is 60.6 Å². The van der Waals surface area contributed by atoms with Gasteiger partial charge in [-0.1, -0.05) is 5.21 Å². The van der Waals surface area contributed by atoms with Crippen molar-refractivity contribution in [1.82, 2.24) is 30.4 Å². The van der Waals surface area contributed by atoms with Gasteiger partial charge in [-0.25, -0.2) is 19.7 Å². The van der Waals surface area contributed by atoms with Crippen molar-refractivity contribution in [2.45, 2.75) is 12.3 Å². The van der Waals surface area contributed by atoms with E-state index in [0.717, 1.165) is 0 Å². The first-order valence-electron chi connectivity index (χ1n) is 6.77. The number of nitrogens with one attached hydrogen (secondary N) is 1. The van der Waals surface area contributed by atoms with Gasteiger partial charge in [-0.3, -0.25) is 5.43 Å². The number of rotatable bonds is 3. The summed E-state index contributed by atoms with van der Waals surface area (Å²) in [6.45, 7) is 1.10. The molecule has 0 amide bonds. The summed E-state index contributed by atoms with van der Waals surface area (Å²) in [5.41, 5.74) is 3.49. The lowest BCUT2D eigenvalue weighted by atomic mass is 10.2. The number of aliphatic hydroxyl groups excluding tert-OH is 2. The highest BCUT2D eigenvalue weighted by Crippen LogP contribution is 2.26. The zero-order chi connectivity index (χ0) is 15.1. The summed E-state index contributed by atoms with van der Waals surface area (Å²) < 4.78 is 1.48. The Morgan fingerprint density at radius 2 is 1.96 bits per heavy atom. The molecule has 4 rings (SSSR count). The van der Waals surface area contributed by atoms with Gasteiger partial charge in [-0.15, -0.1) is 17.5 Å². The number of anilines is 2. The first-order chi connectivity index (χ1) is 10.7. The lowest BCUT2D eigenvalue weighted by molar-refractivity contribution is 0.141. The predicted octanol–water partition coefficient (Wildman–Crippen LogP) is -1.19. The van der Waals surface area contributed by atoms with Crippen molar-refractivity contribution in [3.63, 3.8) is 0 Å². The van der Waals surface area contributed by atoms with Gasteiger partial charge in [0.05, 0.1) is 18.5 Å². The fraction of sp³-hybridized carbons (Fsp3) is 0.333. The number of hydrogen-bond acceptors (Lipinski definition) is 9. The molecule has 1 saturated heterocycles. The molecule has 0 bridgehead atoms. The molecule has 1 unspecified atom stereocenters. The minimum Gasteiger partial charge on any atom is -0.389 e. The third-order valence-electron chi connectivity index (χ3n) is 3.62. The van der Waals surface area contributed by atoms with E-state index >= 15 is 0 Å². The first-order valence-corrected chi connectivity index (χ1v) is 6.77. The minimum absolute atomic E-state index is 0. The van der Waals surface area contributed by atoms with Gasteiger partial charge in [0.15, 0.2) is 12.0 Å². The molecule has 0 aliphatic carbocycles. The highest BCUT2D eigenvalue weighted by molar-refractivity contribution is 5.85. The molecule has 4 heterocycles. The quantitative estimate of drug-likeness (QED) is 0.635. The average Bonchev–Trinajstić information content (AvgIpc) is 3.13. The normalized spacial score (nSPS) is 20.6. The van der Waals surface area contributed by atoms with Crippen molar-refractivity contribution in [3.8, 4) is 0 Å². The standard InChI is InChI=1S/C12H14N8O2.ClH/c21-8-5-18(6-8)10-3-11(14-7-13-10)20-12(22)9(4-16-20)19-2-1-15-17-19;/h1-4,7-8,12,16,21-22H,5-6H2;1H. The van der Waals surface area contributed by atoms with Crippen LogP contribution in [0.1, 0.15) is 0 Å². The second-order valence-electron chi connectivity index (χ2n) is 5.08. The molecule has 2 aliphatic rings. The Bertz CT molecular complexity index is 703. The van der Waals surface area contributed by atoms with E-state index in [1.54, 1.807) is 18.5 Å². The van der Waals surface area contributed by atoms with Crippen molar-refractivity contribution in [2.24, 2.45) is 0 Å². The molecule has 2 aliphatic heterocycles. The molecule has 1 fully saturated rings. The van der Waals surface area contributed by atoms with Crippen LogP contribution in [0.5, 0.6) is 0 Å². The van der Waals surface area contributed by atoms with Crippen LogP contribution in [0.2, 0.25) is 0 Å². The number of aliphatic hydroxyl groups is 2. The third-order valence-corrected chi connectivity index (χ3v) is 3.62. The maximum absolute atomic E-state index is 10.4. The van der Waals surface area contributed by atoms with E-state index < -0.39 is 6.23 Å². The molecule has 0 spiro atoms. The fourth-order valence-electron chi connectivity index (χ4n) is 2.42. The van der Waals surface area contributed by atoms with Gasteiger partial charge in [0.1, 0.15) is 17.8 Å². The molecule has 122 valence electrons. The largest absolute Gasteiger partial charge is 0.389 e. The van der Waals surface area contributed by atoms with Crippen LogP contribution < -0.4 is 15.3 Å². The highest BCUT2D eigenvalue weighted by Gasteiger charge is 2.30. The summed E-state index contributed by atoms with van der Waals surface area (Å²) in [7, 11) is 0. The van der Waals surface area contributed by atoms with Crippen molar-refractivity contribution >= 4 is 29.7 Å². The minimum atomic E-state index is -0.952. The Kier molecular flexibility index (Phi) is 4.03. The van der Waals surface area contributed by atoms with E-state index in [-0.39, 0.29) is 18.5 Å². The number of halogens is 1. The molecule has 2 aromatic heterocycles. The molecule has 3 N–H and O–H groups in total. The Balaban J connectivity index is 0.00000156. The monoisotopic (exact) mass is 338 g/mol. The summed E-state index contributed by atoms with van der Waals surface area (Å²) >= 11 is 0. The molecule has 1 atom stereocenters. The zero-order valence-electron chi connectivity index (χ0n) is 11.9. The Hall–Kier alpha value is -2.43. The summed E-state index contributed by atoms with van der Waals surface area (Å²) in [6.07, 6.45) is 4.98. The van der Waals surface area contributed by atoms with Gasteiger partial charge in [0, 0.05) is 25.4 Å². The van der Waals surface area contributed by atoms with Crippen molar-refractivity contribution in [3.05, 3.63) is 31.0 Å². The van der Waals surface area contributed by atoms with E-state index in [4.69, 9.17) is 0 Å². The molecule has 0 radical (unpaired) electrons. The predicted molar refractivity (Wildman–Crippen MR) is 83.4 cm³/mol. The summed E-state index contributed by atoms with van der Waals surface area (Å²) in [5, 5.41) is 28.9. The van der Waals surface area contributed by atoms with Crippen molar-refractivity contribution in [1.29, 1.82) is 0 Å². The SMILES string of the molecule is Cl.OC1CN(c2cc(N3NC=C(n4ccnn4)C3O)ncn2)C1. The highest BCUT2D eigenvalue weighted by atomic mass is 35.5. The fourth-order valence-corrected chi connectivity index (χ4v) is 2.42. The van der Waals surface area contributed by atoms with Gasteiger partial charge in [0.25, 0.3) is 0 Å². The van der Waals surface area contributed by atoms with Crippen LogP contribution in [0.3, 0.4) is 0 Å². The summed E-state index contributed by atoms with van der Waals surface area (Å²) in [4.78, 5) is 10.3. The van der Waals surface area contributed by atoms with Crippen molar-refractivity contribution < 1.29 is 10.2 Å². The van der Waals surface area contributed by atoms with Crippen LogP contribution in [0.4, 0.5) is 11.6 Å². The van der Waals surface area contributed by atoms with E-state index in [1.807, 2.05) is 4.90 Å². The Labute approximate surface area is 137 Å². The average molecular weight is 339 g/mol. The second kappa shape index (κ2) is 5.99. The lowest BCUT2D eigenvalue weighted by Gasteiger charge is -2.37. The maximum Gasteiger partial charge on any atom is 0.192 e. The molecule has 23 heavy (non-hydrogen) atoms. The number of hydrogen-bond donors (Lipinski definition) is 3. The molecule has 11 heteroatoms. The Morgan fingerprint density at radius 3 is 2.65 bits per heavy atom. The van der Waals surface area contributed by atoms with Gasteiger partial charge in [0.2, 0.25) is 0 Å². The number of hydrazine groups is 1. The number of aromatic nitrogens is 5. The van der Waals surface area contributed by atoms with Crippen LogP contribution in [-0.2, 0) is 0 Å². The number of β-amino-alcohol motifs (C(OH)–C–C–N with tert-alkyl or cyclic N) is 1. The molecular weight excluding hydrogens is 324 g/mol. The van der Waals surface area contributed by atoms with Crippen LogP contribution >= 0.6 is 12.4 Å². The molecule has 0 aromatic carbocycles. The Morgan fingerprint density at radius 1 is 1.17 bits per heavy atom. The third kappa shape index (κ3) is 2.67. The molecule has 0 saturated carbocycles. The van der Waals surface area contributed by atoms with E-state index in [0.29, 0.717) is 30.4 Å². The summed E-state index contributed by atoms with van der Waals surface area (Å²) in [6, 6.07) is 1.75. The van der Waals surface area contributed by atoms with E-state index in [1.165, 1.54) is 22.2 Å². The van der Waals surface area contributed by atoms with E-state index in [2.05, 4.69) is 25.7 Å². The van der Waals surface area contributed by atoms with Gasteiger partial charge in [-0.05, 0) is 0 Å². The lowest BCUT2D eigenvalue weighted by Crippen LogP contribution is -2.51. The topological polar surface area (TPSA) is 115 Å². The molecule has 10 nitrogen and oxygen atoms in total. The van der Waals surface area contributed by atoms with Gasteiger partial charge >= 0.3 is 0 Å². The van der Waals surface area contributed by atoms with Crippen LogP contribution in [0.15, 0.2) is 31.0 Å². The van der Waals surface area contributed by atoms with Gasteiger partial charge < -0.3 is 15.1 Å². The molecular formula is C12H15ClN8O2. The van der Waals surface area contributed by atoms with Crippen LogP contribution in [0, 0.1) is 0 Å². The first kappa shape index (κ1) is 15.5. The number of nitrogens with zero attached hydrogens (tertiary/aromatic N) is 7. The van der Waals surface area contributed by atoms with Crippen LogP contribution in [0.25, 0.3) is 5.70 Å². The summed E-state index contributed by atoms with van der Waals surface area (Å²) in [5.74, 6) is 1.23. The smallest absolute Gasteiger partial charge is 0.192 e. The van der Waals surface area contributed by atoms with E-state index in [9.17, 15) is 10.2 Å².